The number of carbonyl (C=O) groups is 2. The number of carbonyl (C=O) groups excluding carboxylic acids is 2. The Morgan fingerprint density at radius 3 is 2.55 bits per heavy atom. The van der Waals surface area contributed by atoms with E-state index in [0.717, 1.165) is 0 Å². The highest BCUT2D eigenvalue weighted by Crippen LogP contribution is 2.17. The van der Waals surface area contributed by atoms with Crippen LogP contribution in [0.15, 0.2) is 6.20 Å². The number of ketones is 1. The van der Waals surface area contributed by atoms with Gasteiger partial charge in [0.2, 0.25) is 0 Å². The van der Waals surface area contributed by atoms with E-state index in [1.54, 1.807) is 18.5 Å². The molecule has 0 radical (unpaired) electrons. The molecule has 0 unspecified atom stereocenters. The molecule has 1 aromatic rings. The molecule has 0 aromatic carbocycles. The molecule has 0 saturated heterocycles. The predicted octanol–water partition coefficient (Wildman–Crippen LogP) is 2.74. The van der Waals surface area contributed by atoms with Crippen molar-refractivity contribution in [3.63, 3.8) is 0 Å². The Bertz CT molecular complexity index is 515. The van der Waals surface area contributed by atoms with Crippen LogP contribution in [-0.4, -0.2) is 33.7 Å². The van der Waals surface area contributed by atoms with E-state index in [1.165, 1.54) is 6.20 Å². The van der Waals surface area contributed by atoms with Gasteiger partial charge < -0.3 is 14.3 Å². The van der Waals surface area contributed by atoms with Crippen LogP contribution in [0.3, 0.4) is 0 Å². The molecule has 22 heavy (non-hydrogen) atoms. The Labute approximate surface area is 131 Å². The molecular weight excluding hydrogens is 284 g/mol. The van der Waals surface area contributed by atoms with E-state index in [4.69, 9.17) is 9.47 Å². The summed E-state index contributed by atoms with van der Waals surface area (Å²) in [5, 5.41) is 4.24. The minimum atomic E-state index is -0.396. The van der Waals surface area contributed by atoms with Crippen LogP contribution in [-0.2, 0) is 27.4 Å². The smallest absolute Gasteiger partial charge is 0.341 e. The van der Waals surface area contributed by atoms with Crippen molar-refractivity contribution in [2.45, 2.75) is 66.2 Å². The lowest BCUT2D eigenvalue weighted by atomic mass is 10.2. The lowest BCUT2D eigenvalue weighted by Gasteiger charge is -2.20. The second-order valence-corrected chi connectivity index (χ2v) is 6.16. The Balaban J connectivity index is 2.90. The number of esters is 1. The summed E-state index contributed by atoms with van der Waals surface area (Å²) in [6.45, 7) is 10.3. The third kappa shape index (κ3) is 5.97. The average Bonchev–Trinajstić information content (AvgIpc) is 2.78. The van der Waals surface area contributed by atoms with Crippen LogP contribution in [0.4, 0.5) is 0 Å². The van der Waals surface area contributed by atoms with E-state index in [9.17, 15) is 9.59 Å². The van der Waals surface area contributed by atoms with Crippen LogP contribution >= 0.6 is 0 Å². The van der Waals surface area contributed by atoms with E-state index in [1.807, 2.05) is 20.8 Å². The van der Waals surface area contributed by atoms with Crippen LogP contribution in [0, 0.1) is 0 Å². The second-order valence-electron chi connectivity index (χ2n) is 6.16. The van der Waals surface area contributed by atoms with Crippen molar-refractivity contribution >= 4 is 11.8 Å². The van der Waals surface area contributed by atoms with Gasteiger partial charge in [-0.2, -0.15) is 5.10 Å². The standard InChI is InChI=1S/C16H26N2O4/c1-6-21-15(20)13-10-17-18(9-7-8-12(2)19)14(13)11-22-16(3,4)5/h10H,6-9,11H2,1-5H3. The summed E-state index contributed by atoms with van der Waals surface area (Å²) >= 11 is 0. The van der Waals surface area contributed by atoms with E-state index in [0.29, 0.717) is 37.3 Å². The summed E-state index contributed by atoms with van der Waals surface area (Å²) in [5.41, 5.74) is 0.797. The molecule has 0 spiro atoms. The van der Waals surface area contributed by atoms with Crippen LogP contribution in [0.1, 0.15) is 63.5 Å². The summed E-state index contributed by atoms with van der Waals surface area (Å²) in [6.07, 6.45) is 2.68. The molecule has 1 aromatic heterocycles. The van der Waals surface area contributed by atoms with Crippen molar-refractivity contribution in [1.29, 1.82) is 0 Å². The maximum absolute atomic E-state index is 12.0. The first-order valence-corrected chi connectivity index (χ1v) is 7.59. The number of nitrogens with zero attached hydrogens (tertiary/aromatic N) is 2. The largest absolute Gasteiger partial charge is 0.462 e. The molecule has 1 heterocycles. The van der Waals surface area contributed by atoms with Gasteiger partial charge in [0.25, 0.3) is 0 Å². The lowest BCUT2D eigenvalue weighted by molar-refractivity contribution is -0.117. The minimum Gasteiger partial charge on any atom is -0.462 e. The molecule has 1 rings (SSSR count). The van der Waals surface area contributed by atoms with Crippen molar-refractivity contribution in [1.82, 2.24) is 9.78 Å². The Hall–Kier alpha value is -1.69. The zero-order chi connectivity index (χ0) is 16.8. The molecule has 0 saturated carbocycles. The number of rotatable bonds is 8. The molecule has 0 bridgehead atoms. The van der Waals surface area contributed by atoms with Crippen LogP contribution in [0.5, 0.6) is 0 Å². The summed E-state index contributed by atoms with van der Waals surface area (Å²) in [4.78, 5) is 23.0. The molecule has 0 fully saturated rings. The molecule has 6 nitrogen and oxygen atoms in total. The van der Waals surface area contributed by atoms with Crippen LogP contribution < -0.4 is 0 Å². The first kappa shape index (κ1) is 18.4. The van der Waals surface area contributed by atoms with Gasteiger partial charge in [-0.3, -0.25) is 4.68 Å². The fourth-order valence-electron chi connectivity index (χ4n) is 1.90. The molecule has 0 aliphatic rings. The third-order valence-corrected chi connectivity index (χ3v) is 2.98. The monoisotopic (exact) mass is 310 g/mol. The van der Waals surface area contributed by atoms with Crippen LogP contribution in [0.2, 0.25) is 0 Å². The number of aromatic nitrogens is 2. The molecule has 124 valence electrons. The average molecular weight is 310 g/mol. The van der Waals surface area contributed by atoms with E-state index in [2.05, 4.69) is 5.10 Å². The van der Waals surface area contributed by atoms with E-state index in [-0.39, 0.29) is 18.0 Å². The van der Waals surface area contributed by atoms with E-state index >= 15 is 0 Å². The zero-order valence-corrected chi connectivity index (χ0v) is 14.1. The van der Waals surface area contributed by atoms with Gasteiger partial charge in [0.1, 0.15) is 11.3 Å². The molecule has 0 aliphatic carbocycles. The Kier molecular flexibility index (Phi) is 6.74. The predicted molar refractivity (Wildman–Crippen MR) is 82.6 cm³/mol. The van der Waals surface area contributed by atoms with Gasteiger partial charge in [0.15, 0.2) is 0 Å². The molecule has 6 heteroatoms. The number of hydrogen-bond donors (Lipinski definition) is 0. The molecule has 0 atom stereocenters. The van der Waals surface area contributed by atoms with Gasteiger partial charge in [-0.05, 0) is 41.0 Å². The third-order valence-electron chi connectivity index (χ3n) is 2.98. The summed E-state index contributed by atoms with van der Waals surface area (Å²) < 4.78 is 12.6. The van der Waals surface area contributed by atoms with Gasteiger partial charge in [-0.25, -0.2) is 4.79 Å². The highest BCUT2D eigenvalue weighted by molar-refractivity contribution is 5.90. The maximum Gasteiger partial charge on any atom is 0.341 e. The SMILES string of the molecule is CCOC(=O)c1cnn(CCCC(C)=O)c1COC(C)(C)C. The number of aryl methyl sites for hydroxylation is 1. The molecular formula is C16H26N2O4. The normalized spacial score (nSPS) is 11.5. The summed E-state index contributed by atoms with van der Waals surface area (Å²) in [7, 11) is 0. The quantitative estimate of drug-likeness (QED) is 0.690. The second kappa shape index (κ2) is 8.08. The van der Waals surface area contributed by atoms with Gasteiger partial charge in [0, 0.05) is 13.0 Å². The zero-order valence-electron chi connectivity index (χ0n) is 14.1. The summed E-state index contributed by atoms with van der Waals surface area (Å²) in [5.74, 6) is -0.252. The molecule has 0 amide bonds. The fourth-order valence-corrected chi connectivity index (χ4v) is 1.90. The van der Waals surface area contributed by atoms with Gasteiger partial charge in [-0.1, -0.05) is 0 Å². The maximum atomic E-state index is 12.0. The number of Topliss-reactive ketones (excluding diaryl/α,β-unsaturated/α-hetero) is 1. The van der Waals surface area contributed by atoms with Gasteiger partial charge in [-0.15, -0.1) is 0 Å². The highest BCUT2D eigenvalue weighted by Gasteiger charge is 2.21. The van der Waals surface area contributed by atoms with Crippen molar-refractivity contribution in [3.05, 3.63) is 17.5 Å². The van der Waals surface area contributed by atoms with Crippen molar-refractivity contribution < 1.29 is 19.1 Å². The topological polar surface area (TPSA) is 70.4 Å². The fraction of sp³-hybridized carbons (Fsp3) is 0.688. The van der Waals surface area contributed by atoms with E-state index < -0.39 is 5.97 Å². The van der Waals surface area contributed by atoms with Gasteiger partial charge >= 0.3 is 5.97 Å². The number of hydrogen-bond acceptors (Lipinski definition) is 5. The van der Waals surface area contributed by atoms with Crippen molar-refractivity contribution in [3.8, 4) is 0 Å². The van der Waals surface area contributed by atoms with Crippen molar-refractivity contribution in [2.75, 3.05) is 6.61 Å². The summed E-state index contributed by atoms with van der Waals surface area (Å²) in [6, 6.07) is 0. The highest BCUT2D eigenvalue weighted by atomic mass is 16.5. The lowest BCUT2D eigenvalue weighted by Crippen LogP contribution is -2.21. The first-order chi connectivity index (χ1) is 10.2. The Morgan fingerprint density at radius 2 is 2.00 bits per heavy atom. The van der Waals surface area contributed by atoms with Crippen molar-refractivity contribution in [2.24, 2.45) is 0 Å². The number of ether oxygens (including phenoxy) is 2. The minimum absolute atomic E-state index is 0.144. The first-order valence-electron chi connectivity index (χ1n) is 7.59. The molecule has 0 aliphatic heterocycles. The molecule has 0 N–H and O–H groups in total. The van der Waals surface area contributed by atoms with Crippen LogP contribution in [0.25, 0.3) is 0 Å². The van der Waals surface area contributed by atoms with Gasteiger partial charge in [0.05, 0.1) is 30.7 Å². The Morgan fingerprint density at radius 1 is 1.32 bits per heavy atom.